The highest BCUT2D eigenvalue weighted by Crippen LogP contribution is 2.33. The van der Waals surface area contributed by atoms with Crippen LogP contribution in [0, 0.1) is 23.3 Å². The molecule has 0 aliphatic heterocycles. The quantitative estimate of drug-likeness (QED) is 0.670. The molecular weight excluding hydrogens is 282 g/mol. The Hall–Kier alpha value is -1.99. The second kappa shape index (κ2) is 5.56. The smallest absolute Gasteiger partial charge is 0.412 e. The molecule has 112 valence electrons. The summed E-state index contributed by atoms with van der Waals surface area (Å²) >= 11 is 0. The van der Waals surface area contributed by atoms with E-state index >= 15 is 0 Å². The summed E-state index contributed by atoms with van der Waals surface area (Å²) in [5.41, 5.74) is -2.23. The number of amides is 1. The molecule has 0 aliphatic rings. The zero-order chi connectivity index (χ0) is 15.7. The lowest BCUT2D eigenvalue weighted by atomic mass is 10.2. The standard InChI is InChI=1S/C12H13F4NO3/c1-12(2,3)20-11(18)17-9-5(13)7(15)10(19-4)8(16)6(9)14/h1-4H3,(H,17,18). The molecule has 1 aromatic rings. The number of hydrogen-bond acceptors (Lipinski definition) is 3. The molecule has 0 saturated heterocycles. The van der Waals surface area contributed by atoms with Gasteiger partial charge in [-0.05, 0) is 20.8 Å². The molecule has 0 heterocycles. The molecule has 0 aliphatic carbocycles. The van der Waals surface area contributed by atoms with E-state index in [2.05, 4.69) is 4.74 Å². The van der Waals surface area contributed by atoms with E-state index in [0.29, 0.717) is 0 Å². The lowest BCUT2D eigenvalue weighted by molar-refractivity contribution is 0.0634. The minimum atomic E-state index is -1.79. The second-order valence-electron chi connectivity index (χ2n) is 4.79. The molecule has 0 bridgehead atoms. The van der Waals surface area contributed by atoms with E-state index < -0.39 is 46.4 Å². The largest absolute Gasteiger partial charge is 0.491 e. The van der Waals surface area contributed by atoms with Crippen molar-refractivity contribution in [1.29, 1.82) is 0 Å². The highest BCUT2D eigenvalue weighted by Gasteiger charge is 2.28. The van der Waals surface area contributed by atoms with Gasteiger partial charge in [0.25, 0.3) is 0 Å². The molecule has 0 aromatic heterocycles. The van der Waals surface area contributed by atoms with Gasteiger partial charge in [0, 0.05) is 0 Å². The summed E-state index contributed by atoms with van der Waals surface area (Å²) in [7, 11) is 0.849. The van der Waals surface area contributed by atoms with Crippen LogP contribution in [-0.4, -0.2) is 18.8 Å². The molecule has 20 heavy (non-hydrogen) atoms. The Labute approximate surface area is 112 Å². The maximum absolute atomic E-state index is 13.6. The van der Waals surface area contributed by atoms with Crippen molar-refractivity contribution in [2.45, 2.75) is 26.4 Å². The summed E-state index contributed by atoms with van der Waals surface area (Å²) in [6.45, 7) is 4.53. The van der Waals surface area contributed by atoms with Gasteiger partial charge in [-0.3, -0.25) is 5.32 Å². The first-order chi connectivity index (χ1) is 9.08. The molecule has 8 heteroatoms. The molecule has 0 spiro atoms. The van der Waals surface area contributed by atoms with E-state index in [-0.39, 0.29) is 0 Å². The number of carbonyl (C=O) groups is 1. The number of halogens is 4. The van der Waals surface area contributed by atoms with E-state index in [9.17, 15) is 22.4 Å². The molecule has 4 nitrogen and oxygen atoms in total. The van der Waals surface area contributed by atoms with Crippen LogP contribution in [0.15, 0.2) is 0 Å². The van der Waals surface area contributed by atoms with Crippen LogP contribution in [-0.2, 0) is 4.74 Å². The number of carbonyl (C=O) groups excluding carboxylic acids is 1. The van der Waals surface area contributed by atoms with Gasteiger partial charge in [0.1, 0.15) is 11.3 Å². The van der Waals surface area contributed by atoms with Crippen LogP contribution >= 0.6 is 0 Å². The van der Waals surface area contributed by atoms with Gasteiger partial charge >= 0.3 is 6.09 Å². The number of ether oxygens (including phenoxy) is 2. The van der Waals surface area contributed by atoms with Gasteiger partial charge in [-0.1, -0.05) is 0 Å². The van der Waals surface area contributed by atoms with E-state index in [1.807, 2.05) is 0 Å². The Kier molecular flexibility index (Phi) is 4.46. The molecule has 0 radical (unpaired) electrons. The maximum Gasteiger partial charge on any atom is 0.412 e. The number of nitrogens with one attached hydrogen (secondary N) is 1. The van der Waals surface area contributed by atoms with Crippen LogP contribution in [0.3, 0.4) is 0 Å². The van der Waals surface area contributed by atoms with Crippen LogP contribution in [0.1, 0.15) is 20.8 Å². The van der Waals surface area contributed by atoms with Gasteiger partial charge in [-0.15, -0.1) is 0 Å². The van der Waals surface area contributed by atoms with Crippen LogP contribution in [0.2, 0.25) is 0 Å². The van der Waals surface area contributed by atoms with Crippen molar-refractivity contribution in [1.82, 2.24) is 0 Å². The fourth-order valence-electron chi connectivity index (χ4n) is 1.31. The molecule has 0 saturated carbocycles. The monoisotopic (exact) mass is 295 g/mol. The summed E-state index contributed by atoms with van der Waals surface area (Å²) in [5.74, 6) is -8.29. The van der Waals surface area contributed by atoms with E-state index in [1.165, 1.54) is 20.8 Å². The first-order valence-electron chi connectivity index (χ1n) is 5.48. The summed E-state index contributed by atoms with van der Waals surface area (Å²) < 4.78 is 62.8. The third-order valence-electron chi connectivity index (χ3n) is 2.05. The van der Waals surface area contributed by atoms with Crippen molar-refractivity contribution in [2.24, 2.45) is 0 Å². The molecular formula is C12H13F4NO3. The summed E-state index contributed by atoms with van der Waals surface area (Å²) in [4.78, 5) is 11.4. The van der Waals surface area contributed by atoms with Gasteiger partial charge < -0.3 is 9.47 Å². The van der Waals surface area contributed by atoms with Crippen LogP contribution < -0.4 is 10.1 Å². The topological polar surface area (TPSA) is 47.6 Å². The summed E-state index contributed by atoms with van der Waals surface area (Å²) in [6, 6.07) is 0. The van der Waals surface area contributed by atoms with Crippen molar-refractivity contribution in [3.05, 3.63) is 23.3 Å². The minimum absolute atomic E-state index is 0.849. The molecule has 0 fully saturated rings. The number of benzene rings is 1. The molecule has 1 N–H and O–H groups in total. The number of hydrogen-bond donors (Lipinski definition) is 1. The van der Waals surface area contributed by atoms with Crippen molar-refractivity contribution in [2.75, 3.05) is 12.4 Å². The highest BCUT2D eigenvalue weighted by atomic mass is 19.2. The molecule has 0 atom stereocenters. The lowest BCUT2D eigenvalue weighted by Gasteiger charge is -2.20. The molecule has 0 unspecified atom stereocenters. The molecule has 1 rings (SSSR count). The van der Waals surface area contributed by atoms with Crippen LogP contribution in [0.4, 0.5) is 28.0 Å². The lowest BCUT2D eigenvalue weighted by Crippen LogP contribution is -2.28. The van der Waals surface area contributed by atoms with Gasteiger partial charge in [-0.2, -0.15) is 8.78 Å². The second-order valence-corrected chi connectivity index (χ2v) is 4.79. The van der Waals surface area contributed by atoms with Crippen LogP contribution in [0.5, 0.6) is 5.75 Å². The Morgan fingerprint density at radius 1 is 1.00 bits per heavy atom. The van der Waals surface area contributed by atoms with Gasteiger partial charge in [0.05, 0.1) is 7.11 Å². The van der Waals surface area contributed by atoms with E-state index in [1.54, 1.807) is 5.32 Å². The van der Waals surface area contributed by atoms with Crippen molar-refractivity contribution in [3.8, 4) is 5.75 Å². The zero-order valence-corrected chi connectivity index (χ0v) is 11.2. The third-order valence-corrected chi connectivity index (χ3v) is 2.05. The Morgan fingerprint density at radius 2 is 1.45 bits per heavy atom. The fraction of sp³-hybridized carbons (Fsp3) is 0.417. The summed E-state index contributed by atoms with van der Waals surface area (Å²) in [6.07, 6.45) is -1.25. The predicted octanol–water partition coefficient (Wildman–Crippen LogP) is 3.60. The first kappa shape index (κ1) is 16.1. The normalized spacial score (nSPS) is 11.2. The van der Waals surface area contributed by atoms with E-state index in [4.69, 9.17) is 4.74 Å². The summed E-state index contributed by atoms with van der Waals surface area (Å²) in [5, 5.41) is 1.62. The maximum atomic E-state index is 13.6. The number of anilines is 1. The Balaban J connectivity index is 3.17. The van der Waals surface area contributed by atoms with Gasteiger partial charge in [-0.25, -0.2) is 13.6 Å². The van der Waals surface area contributed by atoms with Gasteiger partial charge in [0.2, 0.25) is 11.6 Å². The van der Waals surface area contributed by atoms with Crippen molar-refractivity contribution in [3.63, 3.8) is 0 Å². The van der Waals surface area contributed by atoms with Gasteiger partial charge in [0.15, 0.2) is 17.4 Å². The van der Waals surface area contributed by atoms with Crippen molar-refractivity contribution >= 4 is 11.8 Å². The van der Waals surface area contributed by atoms with Crippen molar-refractivity contribution < 1.29 is 31.8 Å². The SMILES string of the molecule is COc1c(F)c(F)c(NC(=O)OC(C)(C)C)c(F)c1F. The van der Waals surface area contributed by atoms with Crippen LogP contribution in [0.25, 0.3) is 0 Å². The minimum Gasteiger partial charge on any atom is -0.491 e. The average Bonchev–Trinajstić information content (AvgIpc) is 2.31. The fourth-order valence-corrected chi connectivity index (χ4v) is 1.31. The first-order valence-corrected chi connectivity index (χ1v) is 5.48. The molecule has 1 amide bonds. The Morgan fingerprint density at radius 3 is 1.80 bits per heavy atom. The highest BCUT2D eigenvalue weighted by molar-refractivity contribution is 5.85. The Bertz CT molecular complexity index is 511. The number of methoxy groups -OCH3 is 1. The predicted molar refractivity (Wildman–Crippen MR) is 62.7 cm³/mol. The van der Waals surface area contributed by atoms with E-state index in [0.717, 1.165) is 7.11 Å². The average molecular weight is 295 g/mol. The zero-order valence-electron chi connectivity index (χ0n) is 11.2. The molecule has 1 aromatic carbocycles. The number of rotatable bonds is 2. The third kappa shape index (κ3) is 3.31.